The quantitative estimate of drug-likeness (QED) is 0.884. The van der Waals surface area contributed by atoms with Crippen LogP contribution in [0.5, 0.6) is 17.2 Å². The van der Waals surface area contributed by atoms with Gasteiger partial charge in [0.05, 0.1) is 26.9 Å². The van der Waals surface area contributed by atoms with E-state index in [2.05, 4.69) is 5.32 Å². The van der Waals surface area contributed by atoms with E-state index >= 15 is 0 Å². The van der Waals surface area contributed by atoms with Gasteiger partial charge < -0.3 is 19.5 Å². The van der Waals surface area contributed by atoms with E-state index in [0.29, 0.717) is 29.5 Å². The summed E-state index contributed by atoms with van der Waals surface area (Å²) in [5.74, 6) is 1.66. The highest BCUT2D eigenvalue weighted by atomic mass is 19.1. The summed E-state index contributed by atoms with van der Waals surface area (Å²) >= 11 is 0. The molecule has 21 heavy (non-hydrogen) atoms. The topological polar surface area (TPSA) is 39.7 Å². The Morgan fingerprint density at radius 3 is 2.14 bits per heavy atom. The van der Waals surface area contributed by atoms with Gasteiger partial charge in [0.1, 0.15) is 23.1 Å². The molecule has 0 atom stereocenters. The van der Waals surface area contributed by atoms with Gasteiger partial charge in [-0.3, -0.25) is 0 Å². The lowest BCUT2D eigenvalue weighted by Gasteiger charge is -2.16. The van der Waals surface area contributed by atoms with Crippen LogP contribution in [-0.2, 0) is 6.54 Å². The van der Waals surface area contributed by atoms with Crippen LogP contribution in [0.2, 0.25) is 0 Å². The van der Waals surface area contributed by atoms with Crippen LogP contribution < -0.4 is 19.5 Å². The third-order valence-corrected chi connectivity index (χ3v) is 3.11. The molecule has 0 aliphatic rings. The maximum absolute atomic E-state index is 13.2. The van der Waals surface area contributed by atoms with Crippen molar-refractivity contribution in [2.24, 2.45) is 0 Å². The van der Waals surface area contributed by atoms with Crippen molar-refractivity contribution in [1.29, 1.82) is 0 Å². The fourth-order valence-corrected chi connectivity index (χ4v) is 2.04. The molecule has 2 rings (SSSR count). The molecule has 0 fully saturated rings. The maximum Gasteiger partial charge on any atom is 0.131 e. The van der Waals surface area contributed by atoms with E-state index in [1.165, 1.54) is 12.1 Å². The first kappa shape index (κ1) is 15.0. The number of hydrogen-bond acceptors (Lipinski definition) is 4. The molecule has 0 amide bonds. The van der Waals surface area contributed by atoms with Gasteiger partial charge in [-0.15, -0.1) is 0 Å². The standard InChI is InChI=1S/C16H18FNO3/c1-19-13-8-15(20-2)14(16(9-13)21-3)10-18-12-6-4-5-11(17)7-12/h4-9,18H,10H2,1-3H3. The Labute approximate surface area is 123 Å². The summed E-state index contributed by atoms with van der Waals surface area (Å²) in [6.07, 6.45) is 0. The first-order valence-electron chi connectivity index (χ1n) is 6.46. The monoisotopic (exact) mass is 291 g/mol. The highest BCUT2D eigenvalue weighted by Gasteiger charge is 2.13. The second-order valence-electron chi connectivity index (χ2n) is 4.37. The van der Waals surface area contributed by atoms with Crippen molar-refractivity contribution in [1.82, 2.24) is 0 Å². The van der Waals surface area contributed by atoms with Crippen LogP contribution in [0.3, 0.4) is 0 Å². The minimum atomic E-state index is -0.284. The summed E-state index contributed by atoms with van der Waals surface area (Å²) in [5, 5.41) is 3.15. The molecule has 0 saturated heterocycles. The number of hydrogen-bond donors (Lipinski definition) is 1. The number of halogens is 1. The number of methoxy groups -OCH3 is 3. The lowest BCUT2D eigenvalue weighted by molar-refractivity contribution is 0.369. The third kappa shape index (κ3) is 3.56. The molecule has 0 unspecified atom stereocenters. The van der Waals surface area contributed by atoms with Crippen molar-refractivity contribution in [3.63, 3.8) is 0 Å². The molecule has 2 aromatic rings. The van der Waals surface area contributed by atoms with Crippen molar-refractivity contribution in [2.45, 2.75) is 6.54 Å². The fourth-order valence-electron chi connectivity index (χ4n) is 2.04. The number of nitrogens with one attached hydrogen (secondary N) is 1. The fraction of sp³-hybridized carbons (Fsp3) is 0.250. The van der Waals surface area contributed by atoms with Gasteiger partial charge in [0.2, 0.25) is 0 Å². The van der Waals surface area contributed by atoms with E-state index in [4.69, 9.17) is 14.2 Å². The largest absolute Gasteiger partial charge is 0.496 e. The van der Waals surface area contributed by atoms with E-state index in [1.54, 1.807) is 45.6 Å². The van der Waals surface area contributed by atoms with Crippen molar-refractivity contribution in [3.05, 3.63) is 47.8 Å². The molecule has 4 nitrogen and oxygen atoms in total. The molecular weight excluding hydrogens is 273 g/mol. The Balaban J connectivity index is 2.26. The molecular formula is C16H18FNO3. The summed E-state index contributed by atoms with van der Waals surface area (Å²) < 4.78 is 29.1. The zero-order valence-corrected chi connectivity index (χ0v) is 12.3. The van der Waals surface area contributed by atoms with Crippen LogP contribution in [0.4, 0.5) is 10.1 Å². The highest BCUT2D eigenvalue weighted by molar-refractivity contribution is 5.53. The smallest absolute Gasteiger partial charge is 0.131 e. The van der Waals surface area contributed by atoms with Crippen LogP contribution in [0.1, 0.15) is 5.56 Å². The van der Waals surface area contributed by atoms with Gasteiger partial charge in [-0.1, -0.05) is 6.07 Å². The number of benzene rings is 2. The van der Waals surface area contributed by atoms with Gasteiger partial charge in [-0.25, -0.2) is 4.39 Å². The normalized spacial score (nSPS) is 10.1. The Morgan fingerprint density at radius 1 is 0.952 bits per heavy atom. The molecule has 0 radical (unpaired) electrons. The number of anilines is 1. The predicted octanol–water partition coefficient (Wildman–Crippen LogP) is 3.46. The summed E-state index contributed by atoms with van der Waals surface area (Å²) in [4.78, 5) is 0. The SMILES string of the molecule is COc1cc(OC)c(CNc2cccc(F)c2)c(OC)c1. The molecule has 0 spiro atoms. The second-order valence-corrected chi connectivity index (χ2v) is 4.37. The Morgan fingerprint density at radius 2 is 1.62 bits per heavy atom. The maximum atomic E-state index is 13.2. The van der Waals surface area contributed by atoms with E-state index in [1.807, 2.05) is 0 Å². The first-order valence-corrected chi connectivity index (χ1v) is 6.46. The highest BCUT2D eigenvalue weighted by Crippen LogP contribution is 2.34. The average Bonchev–Trinajstić information content (AvgIpc) is 2.52. The van der Waals surface area contributed by atoms with E-state index < -0.39 is 0 Å². The lowest BCUT2D eigenvalue weighted by Crippen LogP contribution is -2.05. The van der Waals surface area contributed by atoms with E-state index in [0.717, 1.165) is 5.56 Å². The zero-order chi connectivity index (χ0) is 15.2. The minimum absolute atomic E-state index is 0.284. The van der Waals surface area contributed by atoms with Gasteiger partial charge in [0.15, 0.2) is 0 Å². The van der Waals surface area contributed by atoms with Crippen LogP contribution in [0.15, 0.2) is 36.4 Å². The molecule has 5 heteroatoms. The van der Waals surface area contributed by atoms with Crippen LogP contribution in [0.25, 0.3) is 0 Å². The Bertz CT molecular complexity index is 591. The van der Waals surface area contributed by atoms with E-state index in [9.17, 15) is 4.39 Å². The Kier molecular flexibility index (Phi) is 4.87. The average molecular weight is 291 g/mol. The summed E-state index contributed by atoms with van der Waals surface area (Å²) in [6.45, 7) is 0.444. The van der Waals surface area contributed by atoms with Gasteiger partial charge in [-0.05, 0) is 18.2 Å². The van der Waals surface area contributed by atoms with Gasteiger partial charge in [-0.2, -0.15) is 0 Å². The molecule has 0 bridgehead atoms. The number of rotatable bonds is 6. The minimum Gasteiger partial charge on any atom is -0.496 e. The van der Waals surface area contributed by atoms with Crippen LogP contribution in [0, 0.1) is 5.82 Å². The molecule has 1 N–H and O–H groups in total. The molecule has 0 saturated carbocycles. The van der Waals surface area contributed by atoms with Crippen molar-refractivity contribution in [3.8, 4) is 17.2 Å². The predicted molar refractivity (Wildman–Crippen MR) is 79.8 cm³/mol. The van der Waals surface area contributed by atoms with Gasteiger partial charge in [0.25, 0.3) is 0 Å². The molecule has 0 aromatic heterocycles. The molecule has 0 aliphatic heterocycles. The Hall–Kier alpha value is -2.43. The van der Waals surface area contributed by atoms with Gasteiger partial charge in [0, 0.05) is 24.4 Å². The zero-order valence-electron chi connectivity index (χ0n) is 12.3. The number of ether oxygens (including phenoxy) is 3. The second kappa shape index (κ2) is 6.83. The summed E-state index contributed by atoms with van der Waals surface area (Å²) in [6, 6.07) is 9.85. The molecule has 0 heterocycles. The van der Waals surface area contributed by atoms with Gasteiger partial charge >= 0.3 is 0 Å². The molecule has 2 aromatic carbocycles. The van der Waals surface area contributed by atoms with Crippen molar-refractivity contribution >= 4 is 5.69 Å². The lowest BCUT2D eigenvalue weighted by atomic mass is 10.1. The summed E-state index contributed by atoms with van der Waals surface area (Å²) in [5.41, 5.74) is 1.53. The summed E-state index contributed by atoms with van der Waals surface area (Å²) in [7, 11) is 4.75. The molecule has 0 aliphatic carbocycles. The molecule has 112 valence electrons. The van der Waals surface area contributed by atoms with Crippen LogP contribution >= 0.6 is 0 Å². The van der Waals surface area contributed by atoms with Crippen molar-refractivity contribution in [2.75, 3.05) is 26.6 Å². The van der Waals surface area contributed by atoms with Crippen LogP contribution in [-0.4, -0.2) is 21.3 Å². The first-order chi connectivity index (χ1) is 10.2. The van der Waals surface area contributed by atoms with Crippen molar-refractivity contribution < 1.29 is 18.6 Å². The van der Waals surface area contributed by atoms with E-state index in [-0.39, 0.29) is 5.82 Å². The third-order valence-electron chi connectivity index (χ3n) is 3.11.